The number of carboxylic acid groups (broad SMARTS) is 2. The van der Waals surface area contributed by atoms with Gasteiger partial charge in [-0.25, -0.2) is 0 Å². The van der Waals surface area contributed by atoms with E-state index in [1.54, 1.807) is 25.1 Å². The number of rotatable bonds is 8. The molecule has 8 nitrogen and oxygen atoms in total. The maximum atomic E-state index is 10.6. The van der Waals surface area contributed by atoms with Crippen LogP contribution in [-0.2, 0) is 9.59 Å². The van der Waals surface area contributed by atoms with Gasteiger partial charge in [-0.3, -0.25) is 14.6 Å². The molecular weight excluding hydrogens is 280 g/mol. The molecule has 0 spiro atoms. The summed E-state index contributed by atoms with van der Waals surface area (Å²) in [5, 5.41) is 31.9. The molecule has 0 radical (unpaired) electrons. The lowest BCUT2D eigenvalue weighted by Crippen LogP contribution is -2.30. The van der Waals surface area contributed by atoms with E-state index in [2.05, 4.69) is 5.10 Å². The van der Waals surface area contributed by atoms with E-state index in [9.17, 15) is 14.7 Å². The van der Waals surface area contributed by atoms with Gasteiger partial charge in [0.25, 0.3) is 0 Å². The number of hydrazone groups is 1. The minimum absolute atomic E-state index is 0.145. The number of para-hydroxylation sites is 1. The zero-order valence-corrected chi connectivity index (χ0v) is 11.4. The Labute approximate surface area is 120 Å². The van der Waals surface area contributed by atoms with Crippen molar-refractivity contribution in [1.82, 2.24) is 5.01 Å². The Morgan fingerprint density at radius 2 is 1.90 bits per heavy atom. The second-order valence-corrected chi connectivity index (χ2v) is 3.98. The molecule has 0 aliphatic heterocycles. The van der Waals surface area contributed by atoms with Crippen LogP contribution in [-0.4, -0.2) is 58.2 Å². The number of carboxylic acids is 2. The number of aromatic hydroxyl groups is 1. The molecule has 8 heteroatoms. The van der Waals surface area contributed by atoms with E-state index >= 15 is 0 Å². The number of hydrogen-bond acceptors (Lipinski definition) is 6. The number of ether oxygens (including phenoxy) is 1. The lowest BCUT2D eigenvalue weighted by atomic mass is 10.2. The van der Waals surface area contributed by atoms with Crippen LogP contribution in [0.15, 0.2) is 23.3 Å². The number of phenolic OH excluding ortho intramolecular Hbond substituents is 1. The largest absolute Gasteiger partial charge is 0.504 e. The molecule has 21 heavy (non-hydrogen) atoms. The van der Waals surface area contributed by atoms with Gasteiger partial charge in [-0.15, -0.1) is 0 Å². The molecule has 0 heterocycles. The second-order valence-electron chi connectivity index (χ2n) is 3.98. The van der Waals surface area contributed by atoms with E-state index in [1.165, 1.54) is 6.21 Å². The van der Waals surface area contributed by atoms with Crippen LogP contribution in [0.2, 0.25) is 0 Å². The van der Waals surface area contributed by atoms with Gasteiger partial charge in [-0.1, -0.05) is 6.07 Å². The normalized spacial score (nSPS) is 10.5. The molecule has 0 amide bonds. The Kier molecular flexibility index (Phi) is 5.99. The highest BCUT2D eigenvalue weighted by Crippen LogP contribution is 2.28. The molecule has 0 saturated heterocycles. The van der Waals surface area contributed by atoms with Crippen LogP contribution in [0, 0.1) is 0 Å². The van der Waals surface area contributed by atoms with Crippen molar-refractivity contribution in [2.45, 2.75) is 6.92 Å². The van der Waals surface area contributed by atoms with Gasteiger partial charge in [0, 0.05) is 5.56 Å². The molecule has 0 aliphatic carbocycles. The van der Waals surface area contributed by atoms with Crippen molar-refractivity contribution in [1.29, 1.82) is 0 Å². The van der Waals surface area contributed by atoms with E-state index in [0.29, 0.717) is 12.2 Å². The molecule has 1 rings (SSSR count). The van der Waals surface area contributed by atoms with Crippen LogP contribution >= 0.6 is 0 Å². The minimum Gasteiger partial charge on any atom is -0.504 e. The summed E-state index contributed by atoms with van der Waals surface area (Å²) in [7, 11) is 0. The van der Waals surface area contributed by atoms with Gasteiger partial charge in [-0.2, -0.15) is 5.10 Å². The second kappa shape index (κ2) is 7.73. The van der Waals surface area contributed by atoms with Crippen LogP contribution in [0.25, 0.3) is 0 Å². The predicted octanol–water partition coefficient (Wildman–Crippen LogP) is 0.596. The average Bonchev–Trinajstić information content (AvgIpc) is 2.38. The molecule has 1 aromatic carbocycles. The van der Waals surface area contributed by atoms with Crippen molar-refractivity contribution in [2.24, 2.45) is 5.10 Å². The number of phenols is 1. The number of hydrogen-bond donors (Lipinski definition) is 3. The van der Waals surface area contributed by atoms with Crippen LogP contribution in [0.5, 0.6) is 11.5 Å². The lowest BCUT2D eigenvalue weighted by Gasteiger charge is -2.14. The Morgan fingerprint density at radius 3 is 2.43 bits per heavy atom. The van der Waals surface area contributed by atoms with Crippen molar-refractivity contribution >= 4 is 18.2 Å². The van der Waals surface area contributed by atoms with Crippen molar-refractivity contribution in [3.05, 3.63) is 23.8 Å². The highest BCUT2D eigenvalue weighted by atomic mass is 16.5. The summed E-state index contributed by atoms with van der Waals surface area (Å²) in [6, 6.07) is 4.74. The van der Waals surface area contributed by atoms with Gasteiger partial charge in [0.1, 0.15) is 13.1 Å². The molecule has 0 aromatic heterocycles. The Morgan fingerprint density at radius 1 is 1.29 bits per heavy atom. The standard InChI is InChI=1S/C13H16N2O6/c1-2-21-10-5-3-4-9(13(10)20)6-14-15(7-11(16)17)8-12(18)19/h3-6,20H,2,7-8H2,1H3,(H,16,17)(H,18,19)/b14-6-. The predicted molar refractivity (Wildman–Crippen MR) is 73.7 cm³/mol. The van der Waals surface area contributed by atoms with E-state index in [4.69, 9.17) is 14.9 Å². The van der Waals surface area contributed by atoms with Gasteiger partial charge in [0.05, 0.1) is 12.8 Å². The molecule has 0 saturated carbocycles. The molecule has 0 unspecified atom stereocenters. The Balaban J connectivity index is 2.92. The van der Waals surface area contributed by atoms with Crippen molar-refractivity contribution in [3.8, 4) is 11.5 Å². The monoisotopic (exact) mass is 296 g/mol. The average molecular weight is 296 g/mol. The summed E-state index contributed by atoms with van der Waals surface area (Å²) < 4.78 is 5.20. The quantitative estimate of drug-likeness (QED) is 0.474. The van der Waals surface area contributed by atoms with Crippen molar-refractivity contribution in [2.75, 3.05) is 19.7 Å². The molecule has 0 fully saturated rings. The summed E-state index contributed by atoms with van der Waals surface area (Å²) in [6.45, 7) is 1.02. The number of nitrogens with zero attached hydrogens (tertiary/aromatic N) is 2. The maximum absolute atomic E-state index is 10.6. The summed E-state index contributed by atoms with van der Waals surface area (Å²) in [6.07, 6.45) is 1.18. The van der Waals surface area contributed by atoms with Crippen LogP contribution in [0.3, 0.4) is 0 Å². The third kappa shape index (κ3) is 5.39. The van der Waals surface area contributed by atoms with Crippen LogP contribution in [0.1, 0.15) is 12.5 Å². The van der Waals surface area contributed by atoms with Crippen LogP contribution < -0.4 is 4.74 Å². The zero-order valence-electron chi connectivity index (χ0n) is 11.4. The van der Waals surface area contributed by atoms with Crippen molar-refractivity contribution < 1.29 is 29.6 Å². The van der Waals surface area contributed by atoms with Gasteiger partial charge in [0.15, 0.2) is 11.5 Å². The van der Waals surface area contributed by atoms with Gasteiger partial charge in [0.2, 0.25) is 0 Å². The van der Waals surface area contributed by atoms with E-state index in [0.717, 1.165) is 5.01 Å². The van der Waals surface area contributed by atoms with E-state index < -0.39 is 25.0 Å². The van der Waals surface area contributed by atoms with Gasteiger partial charge >= 0.3 is 11.9 Å². The summed E-state index contributed by atoms with van der Waals surface area (Å²) in [4.78, 5) is 21.3. The molecule has 0 aliphatic rings. The van der Waals surface area contributed by atoms with Gasteiger partial charge < -0.3 is 20.1 Å². The molecular formula is C13H16N2O6. The first-order chi connectivity index (χ1) is 9.93. The fourth-order valence-electron chi connectivity index (χ4n) is 1.51. The first-order valence-corrected chi connectivity index (χ1v) is 6.11. The summed E-state index contributed by atoms with van der Waals surface area (Å²) >= 11 is 0. The zero-order chi connectivity index (χ0) is 15.8. The van der Waals surface area contributed by atoms with Gasteiger partial charge in [-0.05, 0) is 19.1 Å². The Hall–Kier alpha value is -2.77. The fraction of sp³-hybridized carbons (Fsp3) is 0.308. The third-order valence-electron chi connectivity index (χ3n) is 2.33. The van der Waals surface area contributed by atoms with Crippen molar-refractivity contribution in [3.63, 3.8) is 0 Å². The molecule has 0 bridgehead atoms. The maximum Gasteiger partial charge on any atom is 0.324 e. The third-order valence-corrected chi connectivity index (χ3v) is 2.33. The number of aliphatic carboxylic acids is 2. The minimum atomic E-state index is -1.21. The highest BCUT2D eigenvalue weighted by molar-refractivity contribution is 5.85. The molecule has 3 N–H and O–H groups in total. The SMILES string of the molecule is CCOc1cccc(/C=N\N(CC(=O)O)CC(=O)O)c1O. The first-order valence-electron chi connectivity index (χ1n) is 6.11. The summed E-state index contributed by atoms with van der Waals surface area (Å²) in [5.41, 5.74) is 0.293. The fourth-order valence-corrected chi connectivity index (χ4v) is 1.51. The smallest absolute Gasteiger partial charge is 0.324 e. The molecule has 0 atom stereocenters. The highest BCUT2D eigenvalue weighted by Gasteiger charge is 2.11. The number of benzene rings is 1. The molecule has 114 valence electrons. The topological polar surface area (TPSA) is 120 Å². The van der Waals surface area contributed by atoms with E-state index in [-0.39, 0.29) is 11.5 Å². The Bertz CT molecular complexity index is 527. The number of carbonyl (C=O) groups is 2. The first kappa shape index (κ1) is 16.3. The summed E-state index contributed by atoms with van der Waals surface area (Å²) in [5.74, 6) is -2.29. The molecule has 1 aromatic rings. The lowest BCUT2D eigenvalue weighted by molar-refractivity contribution is -0.141. The van der Waals surface area contributed by atoms with Crippen LogP contribution in [0.4, 0.5) is 0 Å². The van der Waals surface area contributed by atoms with E-state index in [1.807, 2.05) is 0 Å².